The molecule has 0 spiro atoms. The Bertz CT molecular complexity index is 351. The third-order valence-electron chi connectivity index (χ3n) is 2.37. The van der Waals surface area contributed by atoms with Crippen LogP contribution in [0.3, 0.4) is 0 Å². The highest BCUT2D eigenvalue weighted by Gasteiger charge is 2.17. The van der Waals surface area contributed by atoms with Gasteiger partial charge < -0.3 is 10.2 Å². The number of likely N-dealkylation sites (N-methyl/N-ethyl adjacent to an activating group) is 1. The first kappa shape index (κ1) is 12.7. The monoisotopic (exact) mass is 224 g/mol. The summed E-state index contributed by atoms with van der Waals surface area (Å²) in [6.45, 7) is 6.49. The van der Waals surface area contributed by atoms with Gasteiger partial charge >= 0.3 is 0 Å². The van der Waals surface area contributed by atoms with Crippen molar-refractivity contribution < 1.29 is 4.79 Å². The molecule has 0 saturated heterocycles. The van der Waals surface area contributed by atoms with E-state index in [0.717, 1.165) is 17.9 Å². The molecule has 0 radical (unpaired) electrons. The minimum Gasteiger partial charge on any atom is -0.348 e. The highest BCUT2D eigenvalue weighted by Crippen LogP contribution is 2.08. The lowest BCUT2D eigenvalue weighted by Crippen LogP contribution is -2.39. The molecule has 0 aliphatic rings. The molecule has 0 aliphatic heterocycles. The zero-order valence-electron chi connectivity index (χ0n) is 10.6. The number of aryl methyl sites for hydroxylation is 2. The third-order valence-corrected chi connectivity index (χ3v) is 2.37. The molecule has 1 aromatic heterocycles. The van der Waals surface area contributed by atoms with Crippen molar-refractivity contribution in [3.8, 4) is 0 Å². The van der Waals surface area contributed by atoms with Gasteiger partial charge in [0.25, 0.3) is 5.91 Å². The Hall–Kier alpha value is -1.36. The molecule has 1 heterocycles. The van der Waals surface area contributed by atoms with E-state index in [-0.39, 0.29) is 11.9 Å². The molecule has 1 amide bonds. The fourth-order valence-corrected chi connectivity index (χ4v) is 1.77. The summed E-state index contributed by atoms with van der Waals surface area (Å²) >= 11 is 0. The molecule has 1 aromatic rings. The van der Waals surface area contributed by atoms with E-state index in [0.29, 0.717) is 5.56 Å². The minimum absolute atomic E-state index is 0.0573. The number of amides is 1. The zero-order chi connectivity index (χ0) is 12.3. The Morgan fingerprint density at radius 2 is 2.12 bits per heavy atom. The van der Waals surface area contributed by atoms with Gasteiger partial charge in [-0.1, -0.05) is 0 Å². The number of aromatic amines is 1. The summed E-state index contributed by atoms with van der Waals surface area (Å²) in [6, 6.07) is 0.121. The Kier molecular flexibility index (Phi) is 4.06. The largest absolute Gasteiger partial charge is 0.348 e. The molecule has 1 rings (SSSR count). The molecule has 1 atom stereocenters. The molecular weight excluding hydrogens is 204 g/mol. The maximum Gasteiger partial charge on any atom is 0.255 e. The van der Waals surface area contributed by atoms with Gasteiger partial charge in [-0.2, -0.15) is 5.10 Å². The molecular formula is C11H20N4O. The lowest BCUT2D eigenvalue weighted by Gasteiger charge is -2.18. The van der Waals surface area contributed by atoms with E-state index < -0.39 is 0 Å². The number of hydrogen-bond acceptors (Lipinski definition) is 3. The summed E-state index contributed by atoms with van der Waals surface area (Å²) in [4.78, 5) is 14.0. The van der Waals surface area contributed by atoms with Crippen molar-refractivity contribution >= 4 is 5.91 Å². The Labute approximate surface area is 96.2 Å². The van der Waals surface area contributed by atoms with Crippen LogP contribution in [0.25, 0.3) is 0 Å². The van der Waals surface area contributed by atoms with Crippen LogP contribution in [-0.4, -0.2) is 47.7 Å². The quantitative estimate of drug-likeness (QED) is 0.791. The maximum absolute atomic E-state index is 11.9. The molecule has 2 N–H and O–H groups in total. The van der Waals surface area contributed by atoms with E-state index in [1.807, 2.05) is 39.8 Å². The SMILES string of the molecule is Cc1n[nH]c(C)c1C(=O)NC(C)CN(C)C. The van der Waals surface area contributed by atoms with Gasteiger partial charge in [-0.25, -0.2) is 0 Å². The fourth-order valence-electron chi connectivity index (χ4n) is 1.77. The Balaban J connectivity index is 2.66. The smallest absolute Gasteiger partial charge is 0.255 e. The second kappa shape index (κ2) is 5.12. The highest BCUT2D eigenvalue weighted by atomic mass is 16.1. The maximum atomic E-state index is 11.9. The van der Waals surface area contributed by atoms with Crippen molar-refractivity contribution in [3.05, 3.63) is 17.0 Å². The summed E-state index contributed by atoms with van der Waals surface area (Å²) in [5.41, 5.74) is 2.21. The van der Waals surface area contributed by atoms with Crippen LogP contribution >= 0.6 is 0 Å². The van der Waals surface area contributed by atoms with E-state index in [4.69, 9.17) is 0 Å². The molecule has 0 fully saturated rings. The van der Waals surface area contributed by atoms with Crippen LogP contribution in [0.5, 0.6) is 0 Å². The van der Waals surface area contributed by atoms with Crippen molar-refractivity contribution in [1.29, 1.82) is 0 Å². The molecule has 90 valence electrons. The first-order valence-corrected chi connectivity index (χ1v) is 5.39. The topological polar surface area (TPSA) is 61.0 Å². The van der Waals surface area contributed by atoms with Crippen LogP contribution in [0, 0.1) is 13.8 Å². The van der Waals surface area contributed by atoms with Gasteiger partial charge in [0.1, 0.15) is 0 Å². The highest BCUT2D eigenvalue weighted by molar-refractivity contribution is 5.96. The van der Waals surface area contributed by atoms with Crippen molar-refractivity contribution in [2.75, 3.05) is 20.6 Å². The number of carbonyl (C=O) groups excluding carboxylic acids is 1. The van der Waals surface area contributed by atoms with Crippen molar-refractivity contribution in [2.24, 2.45) is 0 Å². The molecule has 0 aromatic carbocycles. The van der Waals surface area contributed by atoms with Gasteiger partial charge in [0.15, 0.2) is 0 Å². The van der Waals surface area contributed by atoms with E-state index in [1.54, 1.807) is 0 Å². The number of hydrogen-bond donors (Lipinski definition) is 2. The van der Waals surface area contributed by atoms with E-state index in [9.17, 15) is 4.79 Å². The summed E-state index contributed by atoms with van der Waals surface area (Å²) < 4.78 is 0. The average molecular weight is 224 g/mol. The molecule has 0 saturated carbocycles. The third kappa shape index (κ3) is 3.06. The van der Waals surface area contributed by atoms with Gasteiger partial charge in [-0.15, -0.1) is 0 Å². The van der Waals surface area contributed by atoms with Gasteiger partial charge in [-0.05, 0) is 34.9 Å². The van der Waals surface area contributed by atoms with E-state index in [2.05, 4.69) is 15.5 Å². The Morgan fingerprint density at radius 1 is 1.50 bits per heavy atom. The van der Waals surface area contributed by atoms with Crippen LogP contribution in [0.2, 0.25) is 0 Å². The van der Waals surface area contributed by atoms with Crippen LogP contribution in [0.1, 0.15) is 28.7 Å². The standard InChI is InChI=1S/C11H20N4O/c1-7(6-15(4)5)12-11(16)10-8(2)13-14-9(10)3/h7H,6H2,1-5H3,(H,12,16)(H,13,14). The molecule has 1 unspecified atom stereocenters. The van der Waals surface area contributed by atoms with Crippen molar-refractivity contribution in [3.63, 3.8) is 0 Å². The second-order valence-electron chi connectivity index (χ2n) is 4.45. The second-order valence-corrected chi connectivity index (χ2v) is 4.45. The zero-order valence-corrected chi connectivity index (χ0v) is 10.6. The summed E-state index contributed by atoms with van der Waals surface area (Å²) in [6.07, 6.45) is 0. The normalized spacial score (nSPS) is 12.9. The number of H-pyrrole nitrogens is 1. The predicted molar refractivity (Wildman–Crippen MR) is 63.5 cm³/mol. The average Bonchev–Trinajstić information content (AvgIpc) is 2.44. The molecule has 5 nitrogen and oxygen atoms in total. The molecule has 0 bridgehead atoms. The number of nitrogens with zero attached hydrogens (tertiary/aromatic N) is 2. The molecule has 0 aliphatic carbocycles. The van der Waals surface area contributed by atoms with Crippen molar-refractivity contribution in [1.82, 2.24) is 20.4 Å². The van der Waals surface area contributed by atoms with Crippen LogP contribution in [0.4, 0.5) is 0 Å². The summed E-state index contributed by atoms with van der Waals surface area (Å²) in [7, 11) is 3.97. The number of rotatable bonds is 4. The number of carbonyl (C=O) groups is 1. The van der Waals surface area contributed by atoms with E-state index in [1.165, 1.54) is 0 Å². The van der Waals surface area contributed by atoms with Crippen LogP contribution in [0.15, 0.2) is 0 Å². The summed E-state index contributed by atoms with van der Waals surface area (Å²) in [5.74, 6) is -0.0573. The first-order valence-electron chi connectivity index (χ1n) is 5.39. The molecule has 16 heavy (non-hydrogen) atoms. The van der Waals surface area contributed by atoms with Gasteiger partial charge in [0, 0.05) is 18.3 Å². The summed E-state index contributed by atoms with van der Waals surface area (Å²) in [5, 5.41) is 9.77. The predicted octanol–water partition coefficient (Wildman–Crippen LogP) is 0.706. The van der Waals surface area contributed by atoms with E-state index >= 15 is 0 Å². The fraction of sp³-hybridized carbons (Fsp3) is 0.636. The Morgan fingerprint density at radius 3 is 2.56 bits per heavy atom. The lowest BCUT2D eigenvalue weighted by molar-refractivity contribution is 0.0933. The minimum atomic E-state index is -0.0573. The van der Waals surface area contributed by atoms with Crippen molar-refractivity contribution in [2.45, 2.75) is 26.8 Å². The number of aromatic nitrogens is 2. The van der Waals surface area contributed by atoms with Gasteiger partial charge in [0.05, 0.1) is 11.3 Å². The van der Waals surface area contributed by atoms with Gasteiger partial charge in [0.2, 0.25) is 0 Å². The molecule has 5 heteroatoms. The van der Waals surface area contributed by atoms with Crippen LogP contribution in [-0.2, 0) is 0 Å². The first-order chi connectivity index (χ1) is 7.41. The van der Waals surface area contributed by atoms with Crippen LogP contribution < -0.4 is 5.32 Å². The van der Waals surface area contributed by atoms with Gasteiger partial charge in [-0.3, -0.25) is 9.89 Å². The number of nitrogens with one attached hydrogen (secondary N) is 2. The lowest BCUT2D eigenvalue weighted by atomic mass is 10.1.